The van der Waals surface area contributed by atoms with E-state index in [0.29, 0.717) is 11.8 Å². The first-order chi connectivity index (χ1) is 31.9. The van der Waals surface area contributed by atoms with E-state index < -0.39 is 0 Å². The Labute approximate surface area is 381 Å². The van der Waals surface area contributed by atoms with Gasteiger partial charge in [0, 0.05) is 73.2 Å². The lowest BCUT2D eigenvalue weighted by atomic mass is 9.97. The van der Waals surface area contributed by atoms with Crippen LogP contribution in [0.3, 0.4) is 0 Å². The Kier molecular flexibility index (Phi) is 9.34. The largest absolute Gasteiger partial charge is 0.343 e. The number of rotatable bonds is 9. The summed E-state index contributed by atoms with van der Waals surface area (Å²) in [6, 6.07) is 53.0. The van der Waals surface area contributed by atoms with Crippen LogP contribution < -0.4 is 9.80 Å². The number of hydrogen-bond acceptors (Lipinski definition) is 2. The molecule has 2 aliphatic carbocycles. The van der Waals surface area contributed by atoms with Crippen LogP contribution in [0.1, 0.15) is 76.3 Å². The average molecular weight is 843 g/mol. The highest BCUT2D eigenvalue weighted by Crippen LogP contribution is 2.49. The molecule has 4 heteroatoms. The van der Waals surface area contributed by atoms with E-state index in [1.165, 1.54) is 116 Å². The molecule has 7 aromatic carbocycles. The van der Waals surface area contributed by atoms with Crippen LogP contribution in [-0.2, 0) is 7.05 Å². The van der Waals surface area contributed by atoms with Gasteiger partial charge in [0.2, 0.25) is 0 Å². The molecule has 0 N–H and O–H groups in total. The van der Waals surface area contributed by atoms with Gasteiger partial charge in [-0.3, -0.25) is 0 Å². The number of fused-ring (bicyclic) bond motifs is 9. The van der Waals surface area contributed by atoms with Gasteiger partial charge >= 0.3 is 0 Å². The molecule has 65 heavy (non-hydrogen) atoms. The maximum Gasteiger partial charge on any atom is 0.0641 e. The van der Waals surface area contributed by atoms with Gasteiger partial charge in [-0.15, -0.1) is 0 Å². The molecule has 0 unspecified atom stereocenters. The molecule has 0 amide bonds. The number of aromatic nitrogens is 2. The lowest BCUT2D eigenvalue weighted by Crippen LogP contribution is -2.16. The number of para-hydroxylation sites is 2. The molecule has 2 aliphatic rings. The van der Waals surface area contributed by atoms with E-state index in [0.717, 1.165) is 25.7 Å². The number of anilines is 4. The van der Waals surface area contributed by atoms with Crippen molar-refractivity contribution in [3.05, 3.63) is 199 Å². The smallest absolute Gasteiger partial charge is 0.0641 e. The van der Waals surface area contributed by atoms with E-state index in [-0.39, 0.29) is 0 Å². The van der Waals surface area contributed by atoms with Crippen LogP contribution in [0.4, 0.5) is 22.7 Å². The monoisotopic (exact) mass is 842 g/mol. The molecule has 0 radical (unpaired) electrons. The van der Waals surface area contributed by atoms with Crippen LogP contribution in [0, 0.1) is 0 Å². The minimum absolute atomic E-state index is 0.469. The van der Waals surface area contributed by atoms with Crippen molar-refractivity contribution < 1.29 is 0 Å². The molecule has 3 aromatic heterocycles. The summed E-state index contributed by atoms with van der Waals surface area (Å²) in [5.74, 6) is 0.943. The number of benzene rings is 7. The molecule has 318 valence electrons. The Bertz CT molecular complexity index is 3600. The van der Waals surface area contributed by atoms with Gasteiger partial charge in [-0.25, -0.2) is 0 Å². The first-order valence-electron chi connectivity index (χ1n) is 23.6. The summed E-state index contributed by atoms with van der Waals surface area (Å²) in [4.78, 5) is 4.97. The second-order valence-electron chi connectivity index (χ2n) is 18.8. The molecule has 0 saturated carbocycles. The highest BCUT2D eigenvalue weighted by atomic mass is 15.2. The van der Waals surface area contributed by atoms with E-state index >= 15 is 0 Å². The van der Waals surface area contributed by atoms with Gasteiger partial charge in [0.25, 0.3) is 0 Å². The quantitative estimate of drug-likeness (QED) is 0.144. The van der Waals surface area contributed by atoms with E-state index in [1.54, 1.807) is 0 Å². The number of allylic oxidation sites excluding steroid dienone is 6. The van der Waals surface area contributed by atoms with E-state index in [2.05, 4.69) is 229 Å². The van der Waals surface area contributed by atoms with Crippen LogP contribution in [-0.4, -0.2) is 8.97 Å². The number of nitrogens with zero attached hydrogens (tertiary/aromatic N) is 4. The van der Waals surface area contributed by atoms with Crippen molar-refractivity contribution in [1.29, 1.82) is 0 Å². The van der Waals surface area contributed by atoms with Crippen LogP contribution >= 0.6 is 0 Å². The second-order valence-corrected chi connectivity index (χ2v) is 18.8. The van der Waals surface area contributed by atoms with E-state index in [1.807, 2.05) is 0 Å². The minimum atomic E-state index is 0.469. The van der Waals surface area contributed by atoms with Crippen LogP contribution in [0.2, 0.25) is 0 Å². The van der Waals surface area contributed by atoms with Gasteiger partial charge in [-0.2, -0.15) is 0 Å². The first-order valence-corrected chi connectivity index (χ1v) is 23.6. The third kappa shape index (κ3) is 6.18. The summed E-state index contributed by atoms with van der Waals surface area (Å²) in [5, 5.41) is 7.64. The summed E-state index contributed by atoms with van der Waals surface area (Å²) in [5.41, 5.74) is 18.5. The molecule has 12 rings (SSSR count). The molecule has 4 nitrogen and oxygen atoms in total. The van der Waals surface area contributed by atoms with Crippen molar-refractivity contribution in [3.8, 4) is 11.1 Å². The normalized spacial score (nSPS) is 14.3. The molecule has 0 fully saturated rings. The third-order valence-electron chi connectivity index (χ3n) is 14.2. The lowest BCUT2D eigenvalue weighted by Gasteiger charge is -2.29. The van der Waals surface area contributed by atoms with Gasteiger partial charge in [0.1, 0.15) is 0 Å². The summed E-state index contributed by atoms with van der Waals surface area (Å²) in [7, 11) is 2.24. The lowest BCUT2D eigenvalue weighted by molar-refractivity contribution is 0.866. The Morgan fingerprint density at radius 1 is 0.462 bits per heavy atom. The highest BCUT2D eigenvalue weighted by molar-refractivity contribution is 6.28. The van der Waals surface area contributed by atoms with E-state index in [9.17, 15) is 0 Å². The maximum atomic E-state index is 2.55. The van der Waals surface area contributed by atoms with Gasteiger partial charge < -0.3 is 18.8 Å². The Hall–Kier alpha value is -7.30. The molecular weight excluding hydrogens is 789 g/mol. The molecular formula is C61H54N4. The molecule has 0 aliphatic heterocycles. The molecule has 10 aromatic rings. The standard InChI is InChI=1S/C61H54N4/c1-39(2)41-24-29-46(30-25-41)63(44-16-8-6-9-17-44)55-36-34-48(60-58(55)51-20-12-14-22-53(51)62(60)5)43-28-33-49-50-35-37-56(59-52-21-13-15-23-54(52)65(61(50)59)57(49)38-43)64(45-18-10-7-11-19-45)47-31-26-42(27-32-47)40(3)4/h8,10,12-40H,6-7,9,11H2,1-5H3. The van der Waals surface area contributed by atoms with Crippen molar-refractivity contribution in [3.63, 3.8) is 0 Å². The Morgan fingerprint density at radius 2 is 0.985 bits per heavy atom. The number of aryl methyl sites for hydroxylation is 1. The number of hydrogen-bond donors (Lipinski definition) is 0. The van der Waals surface area contributed by atoms with Gasteiger partial charge in [-0.1, -0.05) is 137 Å². The minimum Gasteiger partial charge on any atom is -0.343 e. The molecule has 3 heterocycles. The first kappa shape index (κ1) is 39.3. The second kappa shape index (κ2) is 15.5. The third-order valence-corrected chi connectivity index (χ3v) is 14.2. The Morgan fingerprint density at radius 3 is 1.55 bits per heavy atom. The van der Waals surface area contributed by atoms with E-state index in [4.69, 9.17) is 0 Å². The van der Waals surface area contributed by atoms with Crippen LogP contribution in [0.25, 0.3) is 71.0 Å². The zero-order valence-electron chi connectivity index (χ0n) is 38.0. The fourth-order valence-electron chi connectivity index (χ4n) is 11.0. The van der Waals surface area contributed by atoms with Crippen molar-refractivity contribution in [1.82, 2.24) is 8.97 Å². The topological polar surface area (TPSA) is 15.8 Å². The van der Waals surface area contributed by atoms with Crippen molar-refractivity contribution >= 4 is 82.7 Å². The average Bonchev–Trinajstić information content (AvgIpc) is 3.98. The zero-order valence-corrected chi connectivity index (χ0v) is 38.0. The maximum absolute atomic E-state index is 2.55. The van der Waals surface area contributed by atoms with Crippen molar-refractivity contribution in [2.24, 2.45) is 7.05 Å². The zero-order chi connectivity index (χ0) is 43.9. The van der Waals surface area contributed by atoms with Crippen LogP contribution in [0.15, 0.2) is 187 Å². The van der Waals surface area contributed by atoms with Gasteiger partial charge in [0.05, 0.1) is 33.4 Å². The summed E-state index contributed by atoms with van der Waals surface area (Å²) >= 11 is 0. The SMILES string of the molecule is CC(C)c1ccc(N(C2=CCCC=C2)c2ccc(-c3ccc4c5ccc(N(C6=CCCC=C6)c6ccc(C(C)C)cc6)c6c7ccccc7n(c4c3)c56)c3c2c2ccccc2n3C)cc1. The van der Waals surface area contributed by atoms with Crippen molar-refractivity contribution in [2.45, 2.75) is 65.2 Å². The molecule has 0 bridgehead atoms. The van der Waals surface area contributed by atoms with Gasteiger partial charge in [0.15, 0.2) is 0 Å². The molecule has 0 saturated heterocycles. The molecule has 0 spiro atoms. The highest BCUT2D eigenvalue weighted by Gasteiger charge is 2.27. The van der Waals surface area contributed by atoms with Crippen LogP contribution in [0.5, 0.6) is 0 Å². The Balaban J connectivity index is 1.09. The predicted octanol–water partition coefficient (Wildman–Crippen LogP) is 17.1. The summed E-state index contributed by atoms with van der Waals surface area (Å²) in [6.45, 7) is 9.07. The molecule has 0 atom stereocenters. The van der Waals surface area contributed by atoms with Crippen molar-refractivity contribution in [2.75, 3.05) is 9.80 Å². The summed E-state index contributed by atoms with van der Waals surface area (Å²) < 4.78 is 4.97. The predicted molar refractivity (Wildman–Crippen MR) is 279 cm³/mol. The van der Waals surface area contributed by atoms with Gasteiger partial charge in [-0.05, 0) is 121 Å². The fourth-order valence-corrected chi connectivity index (χ4v) is 11.0. The summed E-state index contributed by atoms with van der Waals surface area (Å²) in [6.07, 6.45) is 18.3. The fraction of sp³-hybridized carbons (Fsp3) is 0.180.